The van der Waals surface area contributed by atoms with Crippen LogP contribution in [0, 0.1) is 12.3 Å². The number of hydrogen-bond donors (Lipinski definition) is 2. The van der Waals surface area contributed by atoms with E-state index in [9.17, 15) is 9.59 Å². The molecule has 2 aromatic rings. The van der Waals surface area contributed by atoms with E-state index in [0.717, 1.165) is 4.90 Å². The molecule has 2 amide bonds. The van der Waals surface area contributed by atoms with Crippen molar-refractivity contribution >= 4 is 23.6 Å². The Bertz CT molecular complexity index is 738. The lowest BCUT2D eigenvalue weighted by Crippen LogP contribution is -2.37. The zero-order valence-corrected chi connectivity index (χ0v) is 13.2. The average molecular weight is 324 g/mol. The van der Waals surface area contributed by atoms with Gasteiger partial charge in [0.05, 0.1) is 5.75 Å². The summed E-state index contributed by atoms with van der Waals surface area (Å²) in [5.41, 5.74) is 6.51. The molecular formula is C18H16N2O2S. The van der Waals surface area contributed by atoms with E-state index in [2.05, 4.69) is 11.2 Å². The molecule has 0 unspecified atom stereocenters. The van der Waals surface area contributed by atoms with E-state index in [1.54, 1.807) is 42.5 Å². The molecular weight excluding hydrogens is 308 g/mol. The second-order valence-electron chi connectivity index (χ2n) is 4.74. The summed E-state index contributed by atoms with van der Waals surface area (Å²) in [6.45, 7) is 0. The largest absolute Gasteiger partial charge is 0.368 e. The third kappa shape index (κ3) is 4.63. The maximum absolute atomic E-state index is 12.4. The zero-order chi connectivity index (χ0) is 16.7. The smallest absolute Gasteiger partial charge is 0.252 e. The van der Waals surface area contributed by atoms with Gasteiger partial charge >= 0.3 is 0 Å². The highest BCUT2D eigenvalue weighted by Crippen LogP contribution is 2.19. The van der Waals surface area contributed by atoms with Gasteiger partial charge in [0.15, 0.2) is 0 Å². The van der Waals surface area contributed by atoms with E-state index in [4.69, 9.17) is 12.2 Å². The summed E-state index contributed by atoms with van der Waals surface area (Å²) >= 11 is 1.47. The predicted octanol–water partition coefficient (Wildman–Crippen LogP) is 2.37. The predicted molar refractivity (Wildman–Crippen MR) is 91.8 cm³/mol. The number of hydrogen-bond acceptors (Lipinski definition) is 3. The first-order chi connectivity index (χ1) is 11.1. The molecule has 0 saturated heterocycles. The summed E-state index contributed by atoms with van der Waals surface area (Å²) in [7, 11) is 0. The van der Waals surface area contributed by atoms with Gasteiger partial charge in [0.2, 0.25) is 5.91 Å². The lowest BCUT2D eigenvalue weighted by atomic mass is 10.1. The number of amides is 2. The third-order valence-corrected chi connectivity index (χ3v) is 4.01. The maximum Gasteiger partial charge on any atom is 0.252 e. The van der Waals surface area contributed by atoms with Gasteiger partial charge in [0.25, 0.3) is 5.91 Å². The van der Waals surface area contributed by atoms with Crippen LogP contribution in [0.2, 0.25) is 0 Å². The number of benzene rings is 2. The van der Waals surface area contributed by atoms with Crippen molar-refractivity contribution in [2.45, 2.75) is 10.9 Å². The summed E-state index contributed by atoms with van der Waals surface area (Å²) < 4.78 is 0. The maximum atomic E-state index is 12.4. The molecule has 3 N–H and O–H groups in total. The Morgan fingerprint density at radius 3 is 2.57 bits per heavy atom. The van der Waals surface area contributed by atoms with Gasteiger partial charge in [0, 0.05) is 10.5 Å². The molecule has 2 aromatic carbocycles. The lowest BCUT2D eigenvalue weighted by Gasteiger charge is -2.16. The second-order valence-corrected chi connectivity index (χ2v) is 5.79. The Morgan fingerprint density at radius 2 is 1.91 bits per heavy atom. The van der Waals surface area contributed by atoms with Gasteiger partial charge in [-0.25, -0.2) is 0 Å². The molecule has 0 heterocycles. The Morgan fingerprint density at radius 1 is 1.17 bits per heavy atom. The number of carbonyl (C=O) groups is 2. The summed E-state index contributed by atoms with van der Waals surface area (Å²) in [6.07, 6.45) is 5.24. The Kier molecular flexibility index (Phi) is 5.84. The minimum Gasteiger partial charge on any atom is -0.368 e. The first-order valence-corrected chi connectivity index (χ1v) is 7.92. The molecule has 23 heavy (non-hydrogen) atoms. The minimum atomic E-state index is -0.870. The van der Waals surface area contributed by atoms with Crippen molar-refractivity contribution in [1.82, 2.24) is 5.32 Å². The topological polar surface area (TPSA) is 72.2 Å². The molecule has 4 nitrogen and oxygen atoms in total. The average Bonchev–Trinajstić information content (AvgIpc) is 2.58. The van der Waals surface area contributed by atoms with Gasteiger partial charge in [-0.3, -0.25) is 9.59 Å². The lowest BCUT2D eigenvalue weighted by molar-refractivity contribution is -0.120. The number of rotatable bonds is 6. The van der Waals surface area contributed by atoms with E-state index in [1.807, 2.05) is 12.1 Å². The molecule has 0 bridgehead atoms. The van der Waals surface area contributed by atoms with Crippen molar-refractivity contribution in [2.24, 2.45) is 5.73 Å². The van der Waals surface area contributed by atoms with E-state index in [-0.39, 0.29) is 5.91 Å². The number of thioether (sulfide) groups is 1. The van der Waals surface area contributed by atoms with Gasteiger partial charge in [-0.2, -0.15) is 0 Å². The minimum absolute atomic E-state index is 0.360. The fraction of sp³-hybridized carbons (Fsp3) is 0.111. The van der Waals surface area contributed by atoms with E-state index in [0.29, 0.717) is 16.9 Å². The van der Waals surface area contributed by atoms with E-state index < -0.39 is 11.9 Å². The van der Waals surface area contributed by atoms with Crippen LogP contribution in [0.5, 0.6) is 0 Å². The number of terminal acetylenes is 1. The van der Waals surface area contributed by atoms with Crippen LogP contribution in [-0.4, -0.2) is 17.6 Å². The van der Waals surface area contributed by atoms with Crippen molar-refractivity contribution in [1.29, 1.82) is 0 Å². The van der Waals surface area contributed by atoms with Crippen molar-refractivity contribution in [2.75, 3.05) is 5.75 Å². The van der Waals surface area contributed by atoms with Crippen LogP contribution in [0.1, 0.15) is 22.0 Å². The van der Waals surface area contributed by atoms with Crippen LogP contribution in [-0.2, 0) is 4.79 Å². The summed E-state index contributed by atoms with van der Waals surface area (Å²) in [5, 5.41) is 2.67. The van der Waals surface area contributed by atoms with Gasteiger partial charge in [-0.05, 0) is 23.8 Å². The number of primary amides is 1. The first-order valence-electron chi connectivity index (χ1n) is 6.93. The second kappa shape index (κ2) is 8.06. The van der Waals surface area contributed by atoms with Gasteiger partial charge < -0.3 is 11.1 Å². The zero-order valence-electron chi connectivity index (χ0n) is 12.4. The van der Waals surface area contributed by atoms with Crippen LogP contribution >= 0.6 is 11.8 Å². The van der Waals surface area contributed by atoms with Crippen LogP contribution in [0.25, 0.3) is 0 Å². The molecule has 0 aromatic heterocycles. The summed E-state index contributed by atoms with van der Waals surface area (Å²) in [4.78, 5) is 24.9. The van der Waals surface area contributed by atoms with E-state index in [1.165, 1.54) is 11.8 Å². The normalized spacial score (nSPS) is 11.3. The van der Waals surface area contributed by atoms with Gasteiger partial charge in [-0.1, -0.05) is 42.3 Å². The summed E-state index contributed by atoms with van der Waals surface area (Å²) in [6, 6.07) is 15.1. The Balaban J connectivity index is 2.16. The first kappa shape index (κ1) is 16.7. The highest BCUT2D eigenvalue weighted by atomic mass is 32.2. The molecule has 0 spiro atoms. The standard InChI is InChI=1S/C18H16N2O2S/c1-2-11-23-15-10-6-9-14(12-15)18(22)20-16(17(19)21)13-7-4-3-5-8-13/h1,3-10,12,16H,11H2,(H2,19,21)(H,20,22)/t16-/m0/s1. The number of carbonyl (C=O) groups excluding carboxylic acids is 2. The molecule has 2 rings (SSSR count). The number of nitrogens with one attached hydrogen (secondary N) is 1. The molecule has 5 heteroatoms. The van der Waals surface area contributed by atoms with Gasteiger partial charge in [0.1, 0.15) is 6.04 Å². The van der Waals surface area contributed by atoms with Crippen molar-refractivity contribution in [3.05, 3.63) is 65.7 Å². The fourth-order valence-electron chi connectivity index (χ4n) is 2.03. The van der Waals surface area contributed by atoms with Crippen LogP contribution < -0.4 is 11.1 Å². The Labute approximate surface area is 139 Å². The van der Waals surface area contributed by atoms with Gasteiger partial charge in [-0.15, -0.1) is 18.2 Å². The molecule has 0 saturated carbocycles. The third-order valence-electron chi connectivity index (χ3n) is 3.11. The van der Waals surface area contributed by atoms with Crippen molar-refractivity contribution in [3.63, 3.8) is 0 Å². The quantitative estimate of drug-likeness (QED) is 0.633. The monoisotopic (exact) mass is 324 g/mol. The molecule has 1 atom stereocenters. The number of nitrogens with two attached hydrogens (primary N) is 1. The van der Waals surface area contributed by atoms with E-state index >= 15 is 0 Å². The Hall–Kier alpha value is -2.71. The van der Waals surface area contributed by atoms with Crippen molar-refractivity contribution < 1.29 is 9.59 Å². The highest BCUT2D eigenvalue weighted by Gasteiger charge is 2.20. The van der Waals surface area contributed by atoms with Crippen LogP contribution in [0.15, 0.2) is 59.5 Å². The van der Waals surface area contributed by atoms with Crippen molar-refractivity contribution in [3.8, 4) is 12.3 Å². The summed E-state index contributed by atoms with van der Waals surface area (Å²) in [5.74, 6) is 2.09. The molecule has 0 aliphatic carbocycles. The SMILES string of the molecule is C#CCSc1cccc(C(=O)N[C@H](C(N)=O)c2ccccc2)c1. The molecule has 0 radical (unpaired) electrons. The van der Waals surface area contributed by atoms with Crippen LogP contribution in [0.4, 0.5) is 0 Å². The molecule has 0 fully saturated rings. The molecule has 0 aliphatic rings. The molecule has 116 valence electrons. The highest BCUT2D eigenvalue weighted by molar-refractivity contribution is 7.99. The fourth-order valence-corrected chi connectivity index (χ4v) is 2.67. The molecule has 0 aliphatic heterocycles. The van der Waals surface area contributed by atoms with Crippen LogP contribution in [0.3, 0.4) is 0 Å².